The van der Waals surface area contributed by atoms with Gasteiger partial charge in [-0.15, -0.1) is 0 Å². The van der Waals surface area contributed by atoms with Gasteiger partial charge in [-0.1, -0.05) is 13.3 Å². The molecule has 1 saturated heterocycles. The molecule has 1 aliphatic heterocycles. The van der Waals surface area contributed by atoms with Crippen LogP contribution in [0.5, 0.6) is 0 Å². The number of H-pyrrole nitrogens is 1. The van der Waals surface area contributed by atoms with Crippen LogP contribution in [0.3, 0.4) is 0 Å². The molecule has 0 saturated carbocycles. The molecule has 2 heterocycles. The SMILES string of the molecule is CCCc1[nH]nc(C(=O)NCCN2CCOCC2)c1N. The quantitative estimate of drug-likeness (QED) is 0.682. The van der Waals surface area contributed by atoms with E-state index in [-0.39, 0.29) is 5.91 Å². The summed E-state index contributed by atoms with van der Waals surface area (Å²) in [7, 11) is 0. The van der Waals surface area contributed by atoms with Crippen molar-refractivity contribution in [2.45, 2.75) is 19.8 Å². The van der Waals surface area contributed by atoms with E-state index in [1.165, 1.54) is 0 Å². The van der Waals surface area contributed by atoms with Gasteiger partial charge in [-0.3, -0.25) is 14.8 Å². The minimum atomic E-state index is -0.214. The van der Waals surface area contributed by atoms with Gasteiger partial charge in [0.2, 0.25) is 0 Å². The third kappa shape index (κ3) is 3.71. The van der Waals surface area contributed by atoms with Crippen molar-refractivity contribution in [3.05, 3.63) is 11.4 Å². The molecule has 7 nitrogen and oxygen atoms in total. The van der Waals surface area contributed by atoms with E-state index in [0.717, 1.165) is 51.4 Å². The third-order valence-corrected chi connectivity index (χ3v) is 3.42. The summed E-state index contributed by atoms with van der Waals surface area (Å²) in [6.45, 7) is 6.83. The molecule has 0 aromatic carbocycles. The summed E-state index contributed by atoms with van der Waals surface area (Å²) in [6, 6.07) is 0. The van der Waals surface area contributed by atoms with Crippen LogP contribution in [0.4, 0.5) is 5.69 Å². The summed E-state index contributed by atoms with van der Waals surface area (Å²) >= 11 is 0. The molecule has 0 atom stereocenters. The molecule has 20 heavy (non-hydrogen) atoms. The molecule has 1 fully saturated rings. The van der Waals surface area contributed by atoms with E-state index >= 15 is 0 Å². The topological polar surface area (TPSA) is 96.3 Å². The number of morpholine rings is 1. The molecule has 0 spiro atoms. The van der Waals surface area contributed by atoms with Gasteiger partial charge in [0.1, 0.15) is 0 Å². The smallest absolute Gasteiger partial charge is 0.273 e. The van der Waals surface area contributed by atoms with Gasteiger partial charge in [0.15, 0.2) is 5.69 Å². The molecule has 0 aliphatic carbocycles. The number of aryl methyl sites for hydroxylation is 1. The average Bonchev–Trinajstić information content (AvgIpc) is 2.82. The Labute approximate surface area is 118 Å². The summed E-state index contributed by atoms with van der Waals surface area (Å²) < 4.78 is 5.28. The number of carbonyl (C=O) groups is 1. The Kier molecular flexibility index (Phi) is 5.37. The lowest BCUT2D eigenvalue weighted by Gasteiger charge is -2.26. The van der Waals surface area contributed by atoms with Crippen LogP contribution < -0.4 is 11.1 Å². The lowest BCUT2D eigenvalue weighted by molar-refractivity contribution is 0.0383. The summed E-state index contributed by atoms with van der Waals surface area (Å²) in [4.78, 5) is 14.3. The van der Waals surface area contributed by atoms with Crippen molar-refractivity contribution in [1.29, 1.82) is 0 Å². The fourth-order valence-corrected chi connectivity index (χ4v) is 2.24. The second-order valence-corrected chi connectivity index (χ2v) is 4.92. The van der Waals surface area contributed by atoms with Gasteiger partial charge in [0.05, 0.1) is 24.6 Å². The van der Waals surface area contributed by atoms with Crippen molar-refractivity contribution in [2.24, 2.45) is 0 Å². The van der Waals surface area contributed by atoms with E-state index in [2.05, 4.69) is 27.3 Å². The summed E-state index contributed by atoms with van der Waals surface area (Å²) in [5, 5.41) is 9.70. The highest BCUT2D eigenvalue weighted by molar-refractivity contribution is 5.97. The predicted octanol–water partition coefficient (Wildman–Crippen LogP) is 0.00640. The second kappa shape index (κ2) is 7.25. The lowest BCUT2D eigenvalue weighted by Crippen LogP contribution is -2.41. The number of nitrogens with one attached hydrogen (secondary N) is 2. The molecular formula is C13H23N5O2. The molecule has 1 aliphatic rings. The maximum atomic E-state index is 12.0. The predicted molar refractivity (Wildman–Crippen MR) is 76.6 cm³/mol. The van der Waals surface area contributed by atoms with Crippen LogP contribution in [0.25, 0.3) is 0 Å². The zero-order valence-corrected chi connectivity index (χ0v) is 11.9. The Hall–Kier alpha value is -1.60. The average molecular weight is 281 g/mol. The molecule has 4 N–H and O–H groups in total. The maximum absolute atomic E-state index is 12.0. The number of aromatic amines is 1. The normalized spacial score (nSPS) is 16.2. The number of anilines is 1. The van der Waals surface area contributed by atoms with Gasteiger partial charge in [0.25, 0.3) is 5.91 Å². The second-order valence-electron chi connectivity index (χ2n) is 4.92. The molecule has 1 amide bonds. The highest BCUT2D eigenvalue weighted by atomic mass is 16.5. The number of ether oxygens (including phenoxy) is 1. The van der Waals surface area contributed by atoms with Crippen LogP contribution in [0.2, 0.25) is 0 Å². The van der Waals surface area contributed by atoms with E-state index in [1.807, 2.05) is 0 Å². The molecule has 2 rings (SSSR count). The van der Waals surface area contributed by atoms with Crippen molar-refractivity contribution in [3.63, 3.8) is 0 Å². The monoisotopic (exact) mass is 281 g/mol. The molecular weight excluding hydrogens is 258 g/mol. The zero-order valence-electron chi connectivity index (χ0n) is 11.9. The number of nitrogen functional groups attached to an aromatic ring is 1. The summed E-state index contributed by atoms with van der Waals surface area (Å²) in [6.07, 6.45) is 1.77. The molecule has 0 radical (unpaired) electrons. The van der Waals surface area contributed by atoms with Gasteiger partial charge in [-0.25, -0.2) is 0 Å². The van der Waals surface area contributed by atoms with Crippen LogP contribution >= 0.6 is 0 Å². The minimum Gasteiger partial charge on any atom is -0.395 e. The molecule has 1 aromatic heterocycles. The Balaban J connectivity index is 1.79. The first-order chi connectivity index (χ1) is 9.72. The maximum Gasteiger partial charge on any atom is 0.273 e. The molecule has 0 unspecified atom stereocenters. The van der Waals surface area contributed by atoms with Crippen molar-refractivity contribution in [2.75, 3.05) is 45.1 Å². The number of nitrogens with two attached hydrogens (primary N) is 1. The number of rotatable bonds is 6. The van der Waals surface area contributed by atoms with E-state index in [1.54, 1.807) is 0 Å². The number of hydrogen-bond acceptors (Lipinski definition) is 5. The van der Waals surface area contributed by atoms with E-state index < -0.39 is 0 Å². The van der Waals surface area contributed by atoms with Crippen LogP contribution in [0.1, 0.15) is 29.5 Å². The molecule has 0 bridgehead atoms. The molecule has 7 heteroatoms. The van der Waals surface area contributed by atoms with Gasteiger partial charge in [-0.05, 0) is 6.42 Å². The van der Waals surface area contributed by atoms with Crippen LogP contribution in [0, 0.1) is 0 Å². The number of hydrogen-bond donors (Lipinski definition) is 3. The van der Waals surface area contributed by atoms with E-state index in [0.29, 0.717) is 17.9 Å². The highest BCUT2D eigenvalue weighted by Gasteiger charge is 2.17. The highest BCUT2D eigenvalue weighted by Crippen LogP contribution is 2.15. The van der Waals surface area contributed by atoms with Gasteiger partial charge in [-0.2, -0.15) is 5.10 Å². The standard InChI is InChI=1S/C13H23N5O2/c1-2-3-10-11(14)12(17-16-10)13(19)15-4-5-18-6-8-20-9-7-18/h2-9,14H2,1H3,(H,15,19)(H,16,17). The largest absolute Gasteiger partial charge is 0.395 e. The first-order valence-electron chi connectivity index (χ1n) is 7.13. The summed E-state index contributed by atoms with van der Waals surface area (Å²) in [5.74, 6) is -0.214. The number of nitrogens with zero attached hydrogens (tertiary/aromatic N) is 2. The number of amides is 1. The van der Waals surface area contributed by atoms with Gasteiger partial charge < -0.3 is 15.8 Å². The van der Waals surface area contributed by atoms with Crippen molar-refractivity contribution in [1.82, 2.24) is 20.4 Å². The Bertz CT molecular complexity index is 440. The van der Waals surface area contributed by atoms with Crippen LogP contribution in [-0.4, -0.2) is 60.4 Å². The Morgan fingerprint density at radius 2 is 2.25 bits per heavy atom. The summed E-state index contributed by atoms with van der Waals surface area (Å²) in [5.41, 5.74) is 7.53. The number of carbonyl (C=O) groups excluding carboxylic acids is 1. The van der Waals surface area contributed by atoms with E-state index in [9.17, 15) is 4.79 Å². The zero-order chi connectivity index (χ0) is 14.4. The van der Waals surface area contributed by atoms with Crippen molar-refractivity contribution >= 4 is 11.6 Å². The fraction of sp³-hybridized carbons (Fsp3) is 0.692. The Morgan fingerprint density at radius 1 is 1.50 bits per heavy atom. The van der Waals surface area contributed by atoms with Crippen LogP contribution in [0.15, 0.2) is 0 Å². The van der Waals surface area contributed by atoms with Crippen LogP contribution in [-0.2, 0) is 11.2 Å². The van der Waals surface area contributed by atoms with E-state index in [4.69, 9.17) is 10.5 Å². The minimum absolute atomic E-state index is 0.214. The first-order valence-corrected chi connectivity index (χ1v) is 7.13. The van der Waals surface area contributed by atoms with Gasteiger partial charge in [0, 0.05) is 26.2 Å². The number of aromatic nitrogens is 2. The third-order valence-electron chi connectivity index (χ3n) is 3.42. The van der Waals surface area contributed by atoms with Gasteiger partial charge >= 0.3 is 0 Å². The molecule has 1 aromatic rings. The van der Waals surface area contributed by atoms with Crippen molar-refractivity contribution in [3.8, 4) is 0 Å². The molecule has 112 valence electrons. The fourth-order valence-electron chi connectivity index (χ4n) is 2.24. The van der Waals surface area contributed by atoms with Crippen molar-refractivity contribution < 1.29 is 9.53 Å². The lowest BCUT2D eigenvalue weighted by atomic mass is 10.2. The first kappa shape index (κ1) is 14.8. The Morgan fingerprint density at radius 3 is 2.95 bits per heavy atom.